The van der Waals surface area contributed by atoms with Gasteiger partial charge in [0.2, 0.25) is 5.91 Å². The number of carbonyl (C=O) groups excluding carboxylic acids is 1. The van der Waals surface area contributed by atoms with Crippen LogP contribution in [-0.4, -0.2) is 56.7 Å². The molecule has 2 aliphatic rings. The third-order valence-electron chi connectivity index (χ3n) is 4.92. The molecule has 0 radical (unpaired) electrons. The Hall–Kier alpha value is -2.94. The Labute approximate surface area is 149 Å². The van der Waals surface area contributed by atoms with E-state index in [1.54, 1.807) is 6.20 Å². The fourth-order valence-electron chi connectivity index (χ4n) is 3.63. The molecule has 0 aromatic carbocycles. The SMILES string of the molecule is C[C@@H]1COCCN1c1cc2c3c(n1)c(-c1ccn[nH]1)nn3CCC(=O)N2. The van der Waals surface area contributed by atoms with Crippen LogP contribution in [0.25, 0.3) is 22.4 Å². The Morgan fingerprint density at radius 2 is 2.27 bits per heavy atom. The van der Waals surface area contributed by atoms with Crippen molar-refractivity contribution in [3.8, 4) is 11.4 Å². The summed E-state index contributed by atoms with van der Waals surface area (Å²) in [4.78, 5) is 19.3. The van der Waals surface area contributed by atoms with Gasteiger partial charge in [-0.15, -0.1) is 0 Å². The van der Waals surface area contributed by atoms with Crippen molar-refractivity contribution >= 4 is 28.4 Å². The van der Waals surface area contributed by atoms with Gasteiger partial charge in [0, 0.05) is 25.2 Å². The maximum atomic E-state index is 12.1. The number of carbonyl (C=O) groups is 1. The molecule has 1 saturated heterocycles. The van der Waals surface area contributed by atoms with Crippen LogP contribution >= 0.6 is 0 Å². The first-order valence-electron chi connectivity index (χ1n) is 8.76. The molecule has 5 rings (SSSR count). The molecule has 3 aromatic rings. The average Bonchev–Trinajstić information content (AvgIpc) is 3.24. The van der Waals surface area contributed by atoms with Crippen LogP contribution in [0.4, 0.5) is 11.5 Å². The highest BCUT2D eigenvalue weighted by Gasteiger charge is 2.26. The number of pyridine rings is 1. The molecule has 1 atom stereocenters. The van der Waals surface area contributed by atoms with E-state index in [4.69, 9.17) is 14.8 Å². The largest absolute Gasteiger partial charge is 0.377 e. The van der Waals surface area contributed by atoms with E-state index in [1.807, 2.05) is 16.8 Å². The van der Waals surface area contributed by atoms with E-state index in [1.165, 1.54) is 0 Å². The van der Waals surface area contributed by atoms with Crippen molar-refractivity contribution in [2.24, 2.45) is 0 Å². The third-order valence-corrected chi connectivity index (χ3v) is 4.92. The van der Waals surface area contributed by atoms with Crippen molar-refractivity contribution in [3.63, 3.8) is 0 Å². The summed E-state index contributed by atoms with van der Waals surface area (Å²) in [6.45, 7) is 4.73. The summed E-state index contributed by atoms with van der Waals surface area (Å²) in [6, 6.07) is 4.04. The highest BCUT2D eigenvalue weighted by atomic mass is 16.5. The van der Waals surface area contributed by atoms with Crippen LogP contribution in [0, 0.1) is 0 Å². The van der Waals surface area contributed by atoms with E-state index >= 15 is 0 Å². The molecule has 1 fully saturated rings. The van der Waals surface area contributed by atoms with Crippen LogP contribution in [0.3, 0.4) is 0 Å². The number of anilines is 2. The number of rotatable bonds is 2. The van der Waals surface area contributed by atoms with Crippen molar-refractivity contribution in [2.75, 3.05) is 30.0 Å². The van der Waals surface area contributed by atoms with Gasteiger partial charge in [-0.1, -0.05) is 0 Å². The summed E-state index contributed by atoms with van der Waals surface area (Å²) >= 11 is 0. The maximum Gasteiger partial charge on any atom is 0.226 e. The summed E-state index contributed by atoms with van der Waals surface area (Å²) in [5.41, 5.74) is 3.93. The minimum Gasteiger partial charge on any atom is -0.377 e. The normalized spacial score (nSPS) is 20.3. The van der Waals surface area contributed by atoms with Crippen molar-refractivity contribution in [3.05, 3.63) is 18.3 Å². The topological polar surface area (TPSA) is 101 Å². The molecule has 9 nitrogen and oxygen atoms in total. The van der Waals surface area contributed by atoms with Gasteiger partial charge in [0.1, 0.15) is 22.5 Å². The zero-order valence-corrected chi connectivity index (χ0v) is 14.4. The second-order valence-electron chi connectivity index (χ2n) is 6.68. The molecule has 0 aliphatic carbocycles. The van der Waals surface area contributed by atoms with E-state index in [-0.39, 0.29) is 11.9 Å². The number of ether oxygens (including phenoxy) is 1. The number of hydrogen-bond donors (Lipinski definition) is 2. The predicted molar refractivity (Wildman–Crippen MR) is 96.0 cm³/mol. The lowest BCUT2D eigenvalue weighted by atomic mass is 10.2. The van der Waals surface area contributed by atoms with Crippen LogP contribution in [0.2, 0.25) is 0 Å². The number of nitrogens with zero attached hydrogens (tertiary/aromatic N) is 5. The molecule has 2 N–H and O–H groups in total. The van der Waals surface area contributed by atoms with Crippen molar-refractivity contribution in [2.45, 2.75) is 25.9 Å². The zero-order valence-electron chi connectivity index (χ0n) is 14.4. The number of hydrogen-bond acceptors (Lipinski definition) is 6. The number of amides is 1. The molecule has 0 bridgehead atoms. The number of H-pyrrole nitrogens is 1. The smallest absolute Gasteiger partial charge is 0.226 e. The molecular weight excluding hydrogens is 334 g/mol. The first-order valence-corrected chi connectivity index (χ1v) is 8.76. The second kappa shape index (κ2) is 5.80. The van der Waals surface area contributed by atoms with Crippen LogP contribution in [-0.2, 0) is 16.1 Å². The van der Waals surface area contributed by atoms with E-state index in [0.29, 0.717) is 26.2 Å². The van der Waals surface area contributed by atoms with Gasteiger partial charge in [-0.05, 0) is 13.0 Å². The number of aryl methyl sites for hydroxylation is 1. The Balaban J connectivity index is 1.74. The quantitative estimate of drug-likeness (QED) is 0.722. The lowest BCUT2D eigenvalue weighted by Gasteiger charge is -2.34. The molecule has 5 heterocycles. The van der Waals surface area contributed by atoms with Crippen LogP contribution in [0.15, 0.2) is 18.3 Å². The van der Waals surface area contributed by atoms with E-state index < -0.39 is 0 Å². The van der Waals surface area contributed by atoms with Crippen LogP contribution in [0.5, 0.6) is 0 Å². The second-order valence-corrected chi connectivity index (χ2v) is 6.68. The highest BCUT2D eigenvalue weighted by Crippen LogP contribution is 2.35. The van der Waals surface area contributed by atoms with Gasteiger partial charge in [-0.2, -0.15) is 10.2 Å². The Kier molecular flexibility index (Phi) is 3.42. The fourth-order valence-corrected chi connectivity index (χ4v) is 3.63. The molecule has 0 unspecified atom stereocenters. The maximum absolute atomic E-state index is 12.1. The minimum atomic E-state index is -0.00735. The molecule has 9 heteroatoms. The predicted octanol–water partition coefficient (Wildman–Crippen LogP) is 1.39. The van der Waals surface area contributed by atoms with Crippen molar-refractivity contribution in [1.82, 2.24) is 25.0 Å². The van der Waals surface area contributed by atoms with Gasteiger partial charge in [-0.25, -0.2) is 4.98 Å². The number of aromatic amines is 1. The summed E-state index contributed by atoms with van der Waals surface area (Å²) in [6.07, 6.45) is 2.08. The Morgan fingerprint density at radius 1 is 1.35 bits per heavy atom. The lowest BCUT2D eigenvalue weighted by Crippen LogP contribution is -2.44. The highest BCUT2D eigenvalue weighted by molar-refractivity contribution is 6.05. The van der Waals surface area contributed by atoms with E-state index in [0.717, 1.165) is 40.5 Å². The van der Waals surface area contributed by atoms with E-state index in [2.05, 4.69) is 27.3 Å². The van der Waals surface area contributed by atoms with E-state index in [9.17, 15) is 4.79 Å². The summed E-state index contributed by atoms with van der Waals surface area (Å²) in [5, 5.41) is 14.7. The molecule has 134 valence electrons. The molecular formula is C17H19N7O2. The van der Waals surface area contributed by atoms with Gasteiger partial charge in [0.05, 0.1) is 37.2 Å². The van der Waals surface area contributed by atoms with Gasteiger partial charge >= 0.3 is 0 Å². The molecule has 1 amide bonds. The first-order chi connectivity index (χ1) is 12.7. The monoisotopic (exact) mass is 353 g/mol. The fraction of sp³-hybridized carbons (Fsp3) is 0.412. The Morgan fingerprint density at radius 3 is 3.08 bits per heavy atom. The van der Waals surface area contributed by atoms with Gasteiger partial charge < -0.3 is 15.0 Å². The van der Waals surface area contributed by atoms with Gasteiger partial charge in [0.15, 0.2) is 0 Å². The van der Waals surface area contributed by atoms with Crippen LogP contribution in [0.1, 0.15) is 13.3 Å². The zero-order chi connectivity index (χ0) is 17.7. The molecule has 2 aliphatic heterocycles. The minimum absolute atomic E-state index is 0.00735. The van der Waals surface area contributed by atoms with Gasteiger partial charge in [0.25, 0.3) is 0 Å². The van der Waals surface area contributed by atoms with Crippen molar-refractivity contribution < 1.29 is 9.53 Å². The summed E-state index contributed by atoms with van der Waals surface area (Å²) in [7, 11) is 0. The average molecular weight is 353 g/mol. The summed E-state index contributed by atoms with van der Waals surface area (Å²) in [5.74, 6) is 0.817. The molecule has 3 aromatic heterocycles. The Bertz CT molecular complexity index is 979. The number of aromatic nitrogens is 5. The molecule has 0 saturated carbocycles. The number of morpholine rings is 1. The van der Waals surface area contributed by atoms with Crippen molar-refractivity contribution in [1.29, 1.82) is 0 Å². The van der Waals surface area contributed by atoms with Crippen LogP contribution < -0.4 is 10.2 Å². The molecule has 26 heavy (non-hydrogen) atoms. The third kappa shape index (κ3) is 2.35. The molecule has 0 spiro atoms. The standard InChI is InChI=1S/C17H19N7O2/c1-10-9-26-7-6-23(10)13-8-12-17-16(20-13)15(11-2-4-18-21-11)22-24(17)5-3-14(25)19-12/h2,4,8,10H,3,5-7,9H2,1H3,(H,18,21)(H,19,25)/t10-/m1/s1. The first kappa shape index (κ1) is 15.3. The van der Waals surface area contributed by atoms with Gasteiger partial charge in [-0.3, -0.25) is 14.6 Å². The summed E-state index contributed by atoms with van der Waals surface area (Å²) < 4.78 is 7.40. The lowest BCUT2D eigenvalue weighted by molar-refractivity contribution is -0.116. The number of nitrogens with one attached hydrogen (secondary N) is 2.